The number of H-pyrrole nitrogens is 1. The molecule has 1 fully saturated rings. The Labute approximate surface area is 179 Å². The van der Waals surface area contributed by atoms with Crippen LogP contribution in [-0.2, 0) is 19.5 Å². The van der Waals surface area contributed by atoms with E-state index in [4.69, 9.17) is 0 Å². The Morgan fingerprint density at radius 2 is 2.17 bits per heavy atom. The van der Waals surface area contributed by atoms with E-state index in [0.717, 1.165) is 66.4 Å². The van der Waals surface area contributed by atoms with Crippen molar-refractivity contribution in [1.29, 1.82) is 0 Å². The molecule has 2 aliphatic rings. The second-order valence-corrected chi connectivity index (χ2v) is 8.87. The standard InChI is InChI=1S/C21H25N7OS/c29-21(24-16-2-1-9-27(12-16)14-19-23-8-11-30-19)28-10-5-18-17(13-28)20(26-25-18)15-3-6-22-7-4-15/h3-4,6-8,11,16H,1-2,5,9-10,12-14H2,(H,24,29)(H,25,26)/t16-/m1/s1. The van der Waals surface area contributed by atoms with Gasteiger partial charge in [-0.3, -0.25) is 15.0 Å². The molecule has 0 unspecified atom stereocenters. The second-order valence-electron chi connectivity index (χ2n) is 7.89. The largest absolute Gasteiger partial charge is 0.334 e. The first kappa shape index (κ1) is 19.2. The lowest BCUT2D eigenvalue weighted by Crippen LogP contribution is -2.52. The minimum absolute atomic E-state index is 0.0172. The van der Waals surface area contributed by atoms with E-state index in [0.29, 0.717) is 13.1 Å². The number of urea groups is 1. The highest BCUT2D eigenvalue weighted by Crippen LogP contribution is 2.28. The molecule has 3 aromatic rings. The van der Waals surface area contributed by atoms with Gasteiger partial charge in [0.2, 0.25) is 0 Å². The number of carbonyl (C=O) groups excluding carboxylic acids is 1. The number of fused-ring (bicyclic) bond motifs is 1. The highest BCUT2D eigenvalue weighted by atomic mass is 32.1. The third kappa shape index (κ3) is 4.08. The first-order valence-corrected chi connectivity index (χ1v) is 11.3. The van der Waals surface area contributed by atoms with E-state index >= 15 is 0 Å². The molecular formula is C21H25N7OS. The monoisotopic (exact) mass is 423 g/mol. The highest BCUT2D eigenvalue weighted by Gasteiger charge is 2.28. The van der Waals surface area contributed by atoms with E-state index in [9.17, 15) is 4.79 Å². The van der Waals surface area contributed by atoms with Crippen molar-refractivity contribution in [3.8, 4) is 11.3 Å². The zero-order chi connectivity index (χ0) is 20.3. The van der Waals surface area contributed by atoms with E-state index in [-0.39, 0.29) is 12.1 Å². The summed E-state index contributed by atoms with van der Waals surface area (Å²) in [4.78, 5) is 25.8. The van der Waals surface area contributed by atoms with Crippen LogP contribution < -0.4 is 5.32 Å². The maximum Gasteiger partial charge on any atom is 0.317 e. The number of nitrogens with zero attached hydrogens (tertiary/aromatic N) is 5. The molecule has 9 heteroatoms. The summed E-state index contributed by atoms with van der Waals surface area (Å²) >= 11 is 1.69. The van der Waals surface area contributed by atoms with Crippen molar-refractivity contribution < 1.29 is 4.79 Å². The molecule has 30 heavy (non-hydrogen) atoms. The van der Waals surface area contributed by atoms with E-state index in [1.165, 1.54) is 0 Å². The van der Waals surface area contributed by atoms with E-state index in [2.05, 4.69) is 30.4 Å². The molecule has 5 heterocycles. The number of amides is 2. The summed E-state index contributed by atoms with van der Waals surface area (Å²) in [5.74, 6) is 0. The average Bonchev–Trinajstić information content (AvgIpc) is 3.44. The average molecular weight is 424 g/mol. The van der Waals surface area contributed by atoms with Gasteiger partial charge in [0.1, 0.15) is 5.01 Å². The van der Waals surface area contributed by atoms with Crippen molar-refractivity contribution >= 4 is 17.4 Å². The number of pyridine rings is 1. The van der Waals surface area contributed by atoms with Gasteiger partial charge in [0.05, 0.1) is 18.8 Å². The Balaban J connectivity index is 1.22. The zero-order valence-electron chi connectivity index (χ0n) is 16.8. The molecule has 1 atom stereocenters. The Morgan fingerprint density at radius 1 is 1.27 bits per heavy atom. The van der Waals surface area contributed by atoms with Crippen LogP contribution in [-0.4, -0.2) is 61.7 Å². The number of piperidine rings is 1. The van der Waals surface area contributed by atoms with Crippen LogP contribution in [0.25, 0.3) is 11.3 Å². The fourth-order valence-electron chi connectivity index (χ4n) is 4.32. The van der Waals surface area contributed by atoms with Crippen molar-refractivity contribution in [2.45, 2.75) is 38.4 Å². The maximum absolute atomic E-state index is 13.0. The minimum atomic E-state index is 0.0172. The third-order valence-corrected chi connectivity index (χ3v) is 6.61. The number of hydrogen-bond acceptors (Lipinski definition) is 6. The van der Waals surface area contributed by atoms with Gasteiger partial charge in [-0.1, -0.05) is 0 Å². The van der Waals surface area contributed by atoms with E-state index in [1.807, 2.05) is 28.6 Å². The lowest BCUT2D eigenvalue weighted by atomic mass is 10.0. The number of likely N-dealkylation sites (tertiary alicyclic amines) is 1. The van der Waals surface area contributed by atoms with Gasteiger partial charge >= 0.3 is 6.03 Å². The molecule has 2 amide bonds. The fourth-order valence-corrected chi connectivity index (χ4v) is 4.98. The summed E-state index contributed by atoms with van der Waals surface area (Å²) in [6, 6.07) is 4.10. The summed E-state index contributed by atoms with van der Waals surface area (Å²) < 4.78 is 0. The molecule has 0 aromatic carbocycles. The Kier molecular flexibility index (Phi) is 5.46. The van der Waals surface area contributed by atoms with Crippen molar-refractivity contribution in [2.75, 3.05) is 19.6 Å². The molecule has 156 valence electrons. The fraction of sp³-hybridized carbons (Fsp3) is 0.429. The molecule has 0 radical (unpaired) electrons. The molecule has 5 rings (SSSR count). The number of carbonyl (C=O) groups is 1. The van der Waals surface area contributed by atoms with Crippen LogP contribution in [0.3, 0.4) is 0 Å². The van der Waals surface area contributed by atoms with Gasteiger partial charge < -0.3 is 10.2 Å². The molecule has 3 aromatic heterocycles. The van der Waals surface area contributed by atoms with Crippen molar-refractivity contribution in [2.24, 2.45) is 0 Å². The molecule has 0 saturated carbocycles. The topological polar surface area (TPSA) is 90.0 Å². The zero-order valence-corrected chi connectivity index (χ0v) is 17.6. The van der Waals surface area contributed by atoms with Crippen molar-refractivity contribution in [3.63, 3.8) is 0 Å². The van der Waals surface area contributed by atoms with Crippen molar-refractivity contribution in [3.05, 3.63) is 52.4 Å². The number of hydrogen-bond donors (Lipinski definition) is 2. The molecule has 8 nitrogen and oxygen atoms in total. The Bertz CT molecular complexity index is 988. The lowest BCUT2D eigenvalue weighted by molar-refractivity contribution is 0.160. The number of aromatic amines is 1. The van der Waals surface area contributed by atoms with E-state index < -0.39 is 0 Å². The summed E-state index contributed by atoms with van der Waals surface area (Å²) in [5, 5.41) is 14.1. The Hall–Kier alpha value is -2.78. The minimum Gasteiger partial charge on any atom is -0.334 e. The first-order chi connectivity index (χ1) is 14.8. The van der Waals surface area contributed by atoms with Crippen LogP contribution in [0.15, 0.2) is 36.1 Å². The summed E-state index contributed by atoms with van der Waals surface area (Å²) in [6.07, 6.45) is 8.29. The molecule has 1 saturated heterocycles. The Morgan fingerprint density at radius 3 is 3.00 bits per heavy atom. The molecule has 2 N–H and O–H groups in total. The first-order valence-electron chi connectivity index (χ1n) is 10.4. The van der Waals surface area contributed by atoms with Crippen LogP contribution in [0.2, 0.25) is 0 Å². The molecule has 0 aliphatic carbocycles. The maximum atomic E-state index is 13.0. The van der Waals surface area contributed by atoms with Crippen LogP contribution >= 0.6 is 11.3 Å². The van der Waals surface area contributed by atoms with Gasteiger partial charge in [0.15, 0.2) is 0 Å². The SMILES string of the molecule is O=C(N[C@@H]1CCCN(Cc2nccs2)C1)N1CCc2[nH]nc(-c3ccncc3)c2C1. The van der Waals surface area contributed by atoms with Gasteiger partial charge in [-0.15, -0.1) is 11.3 Å². The van der Waals surface area contributed by atoms with Crippen LogP contribution in [0.5, 0.6) is 0 Å². The van der Waals surface area contributed by atoms with E-state index in [1.54, 1.807) is 23.7 Å². The number of rotatable bonds is 4. The molecule has 0 spiro atoms. The lowest BCUT2D eigenvalue weighted by Gasteiger charge is -2.35. The second kappa shape index (κ2) is 8.53. The van der Waals surface area contributed by atoms with Crippen LogP contribution in [0.1, 0.15) is 29.1 Å². The summed E-state index contributed by atoms with van der Waals surface area (Å²) in [6.45, 7) is 4.07. The number of nitrogens with one attached hydrogen (secondary N) is 2. The van der Waals surface area contributed by atoms with Gasteiger partial charge in [0, 0.05) is 66.3 Å². The smallest absolute Gasteiger partial charge is 0.317 e. The summed E-state index contributed by atoms with van der Waals surface area (Å²) in [7, 11) is 0. The molecular weight excluding hydrogens is 398 g/mol. The van der Waals surface area contributed by atoms with Gasteiger partial charge in [-0.05, 0) is 31.5 Å². The predicted octanol–water partition coefficient (Wildman–Crippen LogP) is 2.66. The number of aromatic nitrogens is 4. The predicted molar refractivity (Wildman–Crippen MR) is 115 cm³/mol. The quantitative estimate of drug-likeness (QED) is 0.673. The highest BCUT2D eigenvalue weighted by molar-refractivity contribution is 7.09. The number of thiazole rings is 1. The van der Waals surface area contributed by atoms with Crippen LogP contribution in [0, 0.1) is 0 Å². The molecule has 0 bridgehead atoms. The molecule has 2 aliphatic heterocycles. The van der Waals surface area contributed by atoms with Gasteiger partial charge in [0.25, 0.3) is 0 Å². The summed E-state index contributed by atoms with van der Waals surface area (Å²) in [5.41, 5.74) is 4.17. The third-order valence-electron chi connectivity index (χ3n) is 5.85. The van der Waals surface area contributed by atoms with Gasteiger partial charge in [-0.25, -0.2) is 9.78 Å². The van der Waals surface area contributed by atoms with Crippen LogP contribution in [0.4, 0.5) is 4.79 Å². The van der Waals surface area contributed by atoms with Crippen molar-refractivity contribution in [1.82, 2.24) is 35.3 Å². The normalized spacial score (nSPS) is 19.5. The van der Waals surface area contributed by atoms with Gasteiger partial charge in [-0.2, -0.15) is 5.10 Å².